The highest BCUT2D eigenvalue weighted by Gasteiger charge is 2.14. The molecule has 0 aliphatic rings. The Morgan fingerprint density at radius 1 is 1.33 bits per heavy atom. The summed E-state index contributed by atoms with van der Waals surface area (Å²) in [7, 11) is 1.58. The maximum absolute atomic E-state index is 11.6. The van der Waals surface area contributed by atoms with Crippen molar-refractivity contribution in [1.29, 1.82) is 0 Å². The number of aromatic nitrogens is 4. The summed E-state index contributed by atoms with van der Waals surface area (Å²) in [6.07, 6.45) is 2.74. The average Bonchev–Trinajstić information content (AvgIpc) is 2.96. The molecular formula is C14H20N6O. The van der Waals surface area contributed by atoms with E-state index in [4.69, 9.17) is 0 Å². The van der Waals surface area contributed by atoms with E-state index in [1.165, 1.54) is 0 Å². The third kappa shape index (κ3) is 3.18. The fourth-order valence-electron chi connectivity index (χ4n) is 1.94. The molecule has 2 rings (SSSR count). The number of amides is 1. The first-order valence-electron chi connectivity index (χ1n) is 6.94. The van der Waals surface area contributed by atoms with Gasteiger partial charge in [-0.2, -0.15) is 5.10 Å². The molecule has 2 aromatic rings. The Morgan fingerprint density at radius 2 is 2.10 bits per heavy atom. The van der Waals surface area contributed by atoms with E-state index in [1.807, 2.05) is 13.8 Å². The third-order valence-electron chi connectivity index (χ3n) is 3.04. The van der Waals surface area contributed by atoms with Gasteiger partial charge in [0.1, 0.15) is 11.6 Å². The number of hydrogen-bond acceptors (Lipinski definition) is 5. The van der Waals surface area contributed by atoms with Gasteiger partial charge in [0.25, 0.3) is 5.91 Å². The van der Waals surface area contributed by atoms with Crippen LogP contribution < -0.4 is 10.6 Å². The Labute approximate surface area is 123 Å². The second-order valence-electron chi connectivity index (χ2n) is 4.72. The van der Waals surface area contributed by atoms with E-state index in [0.29, 0.717) is 17.3 Å². The number of nitrogens with one attached hydrogen (secondary N) is 2. The molecule has 7 nitrogen and oxygen atoms in total. The Bertz CT molecular complexity index is 649. The summed E-state index contributed by atoms with van der Waals surface area (Å²) in [6, 6.07) is 1.66. The lowest BCUT2D eigenvalue weighted by atomic mass is 10.3. The molecule has 2 N–H and O–H groups in total. The van der Waals surface area contributed by atoms with Gasteiger partial charge >= 0.3 is 0 Å². The zero-order chi connectivity index (χ0) is 15.4. The van der Waals surface area contributed by atoms with E-state index < -0.39 is 0 Å². The van der Waals surface area contributed by atoms with E-state index in [1.54, 1.807) is 24.0 Å². The van der Waals surface area contributed by atoms with E-state index >= 15 is 0 Å². The summed E-state index contributed by atoms with van der Waals surface area (Å²) in [5, 5.41) is 10.1. The predicted molar refractivity (Wildman–Crippen MR) is 80.8 cm³/mol. The van der Waals surface area contributed by atoms with Gasteiger partial charge in [-0.15, -0.1) is 0 Å². The zero-order valence-electron chi connectivity index (χ0n) is 12.8. The van der Waals surface area contributed by atoms with Crippen LogP contribution in [0.4, 0.5) is 5.82 Å². The minimum Gasteiger partial charge on any atom is -0.370 e. The number of hydrogen-bond donors (Lipinski definition) is 2. The SMILES string of the molecule is CCCNc1nc(C)nc(-n2ccc(C(=O)NC)n2)c1C. The molecule has 0 saturated heterocycles. The lowest BCUT2D eigenvalue weighted by molar-refractivity contribution is 0.0957. The number of rotatable bonds is 5. The van der Waals surface area contributed by atoms with Crippen LogP contribution in [0, 0.1) is 13.8 Å². The quantitative estimate of drug-likeness (QED) is 0.870. The Hall–Kier alpha value is -2.44. The standard InChI is InChI=1S/C14H20N6O/c1-5-7-16-12-9(2)13(18-10(3)17-12)20-8-6-11(19-20)14(21)15-4/h6,8H,5,7H2,1-4H3,(H,15,21)(H,16,17,18). The molecule has 0 aliphatic carbocycles. The van der Waals surface area contributed by atoms with Gasteiger partial charge in [0.2, 0.25) is 0 Å². The van der Waals surface area contributed by atoms with Gasteiger partial charge in [0.15, 0.2) is 11.5 Å². The Balaban J connectivity index is 2.41. The predicted octanol–water partition coefficient (Wildman–Crippen LogP) is 1.46. The van der Waals surface area contributed by atoms with Crippen LogP contribution in [0.25, 0.3) is 5.82 Å². The van der Waals surface area contributed by atoms with Crippen molar-refractivity contribution in [3.05, 3.63) is 29.3 Å². The average molecular weight is 288 g/mol. The van der Waals surface area contributed by atoms with Crippen molar-refractivity contribution >= 4 is 11.7 Å². The summed E-state index contributed by atoms with van der Waals surface area (Å²) in [4.78, 5) is 20.4. The molecule has 2 aromatic heterocycles. The molecule has 0 fully saturated rings. The second-order valence-corrected chi connectivity index (χ2v) is 4.72. The summed E-state index contributed by atoms with van der Waals surface area (Å²) < 4.78 is 1.60. The molecule has 0 bridgehead atoms. The van der Waals surface area contributed by atoms with E-state index in [-0.39, 0.29) is 5.91 Å². The van der Waals surface area contributed by atoms with Crippen molar-refractivity contribution in [2.45, 2.75) is 27.2 Å². The minimum atomic E-state index is -0.221. The molecule has 7 heteroatoms. The van der Waals surface area contributed by atoms with Gasteiger partial charge in [0, 0.05) is 25.4 Å². The maximum atomic E-state index is 11.6. The first-order chi connectivity index (χ1) is 10.1. The molecule has 0 saturated carbocycles. The first-order valence-corrected chi connectivity index (χ1v) is 6.94. The lowest BCUT2D eigenvalue weighted by Gasteiger charge is -2.12. The van der Waals surface area contributed by atoms with Crippen LogP contribution in [0.2, 0.25) is 0 Å². The molecular weight excluding hydrogens is 268 g/mol. The minimum absolute atomic E-state index is 0.221. The van der Waals surface area contributed by atoms with Gasteiger partial charge in [-0.3, -0.25) is 4.79 Å². The Morgan fingerprint density at radius 3 is 2.76 bits per heavy atom. The van der Waals surface area contributed by atoms with E-state index in [9.17, 15) is 4.79 Å². The molecule has 2 heterocycles. The van der Waals surface area contributed by atoms with Crippen LogP contribution >= 0.6 is 0 Å². The first kappa shape index (κ1) is 15.0. The van der Waals surface area contributed by atoms with Crippen LogP contribution in [-0.4, -0.2) is 39.2 Å². The smallest absolute Gasteiger partial charge is 0.271 e. The molecule has 0 atom stereocenters. The van der Waals surface area contributed by atoms with Crippen LogP contribution in [-0.2, 0) is 0 Å². The largest absolute Gasteiger partial charge is 0.370 e. The van der Waals surface area contributed by atoms with E-state index in [2.05, 4.69) is 32.6 Å². The molecule has 0 radical (unpaired) electrons. The van der Waals surface area contributed by atoms with E-state index in [0.717, 1.165) is 24.3 Å². The highest BCUT2D eigenvalue weighted by atomic mass is 16.1. The van der Waals surface area contributed by atoms with Gasteiger partial charge in [-0.1, -0.05) is 6.92 Å². The Kier molecular flexibility index (Phi) is 4.52. The lowest BCUT2D eigenvalue weighted by Crippen LogP contribution is -2.19. The van der Waals surface area contributed by atoms with Crippen LogP contribution in [0.15, 0.2) is 12.3 Å². The molecule has 1 amide bonds. The van der Waals surface area contributed by atoms with Crippen molar-refractivity contribution in [1.82, 2.24) is 25.1 Å². The number of nitrogens with zero attached hydrogens (tertiary/aromatic N) is 4. The summed E-state index contributed by atoms with van der Waals surface area (Å²) in [5.74, 6) is 1.92. The monoisotopic (exact) mass is 288 g/mol. The number of aryl methyl sites for hydroxylation is 1. The fourth-order valence-corrected chi connectivity index (χ4v) is 1.94. The molecule has 0 aromatic carbocycles. The third-order valence-corrected chi connectivity index (χ3v) is 3.04. The number of carbonyl (C=O) groups excluding carboxylic acids is 1. The number of carbonyl (C=O) groups is 1. The molecule has 0 spiro atoms. The van der Waals surface area contributed by atoms with Gasteiger partial charge in [-0.05, 0) is 26.3 Å². The number of anilines is 1. The second kappa shape index (κ2) is 6.34. The van der Waals surface area contributed by atoms with Crippen LogP contribution in [0.3, 0.4) is 0 Å². The molecule has 0 aliphatic heterocycles. The van der Waals surface area contributed by atoms with Crippen molar-refractivity contribution in [2.75, 3.05) is 18.9 Å². The van der Waals surface area contributed by atoms with Crippen molar-refractivity contribution in [3.8, 4) is 5.82 Å². The van der Waals surface area contributed by atoms with Crippen LogP contribution in [0.5, 0.6) is 0 Å². The van der Waals surface area contributed by atoms with Gasteiger partial charge < -0.3 is 10.6 Å². The van der Waals surface area contributed by atoms with Gasteiger partial charge in [0.05, 0.1) is 0 Å². The maximum Gasteiger partial charge on any atom is 0.271 e. The topological polar surface area (TPSA) is 84.7 Å². The molecule has 0 unspecified atom stereocenters. The van der Waals surface area contributed by atoms with Crippen LogP contribution in [0.1, 0.15) is 35.2 Å². The van der Waals surface area contributed by atoms with Crippen molar-refractivity contribution in [2.24, 2.45) is 0 Å². The molecule has 112 valence electrons. The zero-order valence-corrected chi connectivity index (χ0v) is 12.8. The highest BCUT2D eigenvalue weighted by Crippen LogP contribution is 2.18. The fraction of sp³-hybridized carbons (Fsp3) is 0.429. The van der Waals surface area contributed by atoms with Crippen molar-refractivity contribution < 1.29 is 4.79 Å². The molecule has 21 heavy (non-hydrogen) atoms. The van der Waals surface area contributed by atoms with Crippen molar-refractivity contribution in [3.63, 3.8) is 0 Å². The summed E-state index contributed by atoms with van der Waals surface area (Å²) in [5.41, 5.74) is 1.26. The highest BCUT2D eigenvalue weighted by molar-refractivity contribution is 5.91. The summed E-state index contributed by atoms with van der Waals surface area (Å²) >= 11 is 0. The normalized spacial score (nSPS) is 10.5. The summed E-state index contributed by atoms with van der Waals surface area (Å²) in [6.45, 7) is 6.72. The van der Waals surface area contributed by atoms with Gasteiger partial charge in [-0.25, -0.2) is 14.6 Å².